The number of methoxy groups -OCH3 is 1. The highest BCUT2D eigenvalue weighted by molar-refractivity contribution is 7.10. The molecule has 1 unspecified atom stereocenters. The molecule has 1 atom stereocenters. The first-order chi connectivity index (χ1) is 15.1. The van der Waals surface area contributed by atoms with Gasteiger partial charge in [-0.15, -0.1) is 11.3 Å². The van der Waals surface area contributed by atoms with Gasteiger partial charge in [0.1, 0.15) is 17.6 Å². The van der Waals surface area contributed by atoms with Crippen LogP contribution in [0.1, 0.15) is 16.5 Å². The number of fused-ring (bicyclic) bond motifs is 1. The third-order valence-corrected chi connectivity index (χ3v) is 6.16. The minimum Gasteiger partial charge on any atom is -0.507 e. The van der Waals surface area contributed by atoms with Gasteiger partial charge in [0, 0.05) is 22.2 Å². The number of ketones is 1. The fourth-order valence-corrected chi connectivity index (χ4v) is 4.60. The summed E-state index contributed by atoms with van der Waals surface area (Å²) < 4.78 is 16.0. The van der Waals surface area contributed by atoms with Crippen LogP contribution in [0.25, 0.3) is 5.76 Å². The molecular weight excluding hydrogens is 418 g/mol. The first-order valence-corrected chi connectivity index (χ1v) is 10.3. The molecule has 0 saturated carbocycles. The first-order valence-electron chi connectivity index (χ1n) is 9.47. The van der Waals surface area contributed by atoms with Crippen LogP contribution in [-0.4, -0.2) is 30.7 Å². The summed E-state index contributed by atoms with van der Waals surface area (Å²) in [5.74, 6) is -0.146. The maximum atomic E-state index is 13.1. The molecule has 1 fully saturated rings. The van der Waals surface area contributed by atoms with Crippen molar-refractivity contribution in [2.75, 3.05) is 18.8 Å². The molecule has 0 bridgehead atoms. The second-order valence-electron chi connectivity index (χ2n) is 6.95. The first kappa shape index (κ1) is 19.2. The summed E-state index contributed by atoms with van der Waals surface area (Å²) in [6.07, 6.45) is 0. The smallest absolute Gasteiger partial charge is 0.300 e. The number of benzene rings is 2. The predicted octanol–water partition coefficient (Wildman–Crippen LogP) is 4.11. The number of hydrogen-bond donors (Lipinski definition) is 1. The molecular formula is C23H17NO6S. The van der Waals surface area contributed by atoms with E-state index in [2.05, 4.69) is 0 Å². The molecule has 8 heteroatoms. The Hall–Kier alpha value is -3.78. The van der Waals surface area contributed by atoms with Crippen LogP contribution in [0.2, 0.25) is 0 Å². The predicted molar refractivity (Wildman–Crippen MR) is 115 cm³/mol. The Kier molecular flexibility index (Phi) is 4.63. The van der Waals surface area contributed by atoms with Crippen molar-refractivity contribution in [3.05, 3.63) is 76.0 Å². The minimum absolute atomic E-state index is 0.0223. The maximum absolute atomic E-state index is 13.1. The second kappa shape index (κ2) is 7.48. The van der Waals surface area contributed by atoms with Crippen LogP contribution in [0.15, 0.2) is 65.6 Å². The average Bonchev–Trinajstić information content (AvgIpc) is 3.53. The van der Waals surface area contributed by atoms with E-state index in [0.717, 1.165) is 4.88 Å². The number of carbonyl (C=O) groups is 2. The molecule has 0 aliphatic carbocycles. The van der Waals surface area contributed by atoms with Crippen LogP contribution in [0, 0.1) is 0 Å². The lowest BCUT2D eigenvalue weighted by atomic mass is 9.99. The van der Waals surface area contributed by atoms with Crippen LogP contribution in [-0.2, 0) is 9.59 Å². The highest BCUT2D eigenvalue weighted by atomic mass is 32.1. The van der Waals surface area contributed by atoms with Gasteiger partial charge in [-0.05, 0) is 41.8 Å². The average molecular weight is 435 g/mol. The Morgan fingerprint density at radius 2 is 1.94 bits per heavy atom. The second-order valence-corrected chi connectivity index (χ2v) is 7.93. The normalized spacial score (nSPS) is 19.1. The largest absolute Gasteiger partial charge is 0.507 e. The quantitative estimate of drug-likeness (QED) is 0.377. The van der Waals surface area contributed by atoms with Gasteiger partial charge in [-0.3, -0.25) is 14.5 Å². The third kappa shape index (κ3) is 3.12. The number of Topliss-reactive ketones (excluding diaryl/α,β-unsaturated/α-hetero) is 1. The Morgan fingerprint density at radius 1 is 1.10 bits per heavy atom. The number of rotatable bonds is 4. The van der Waals surface area contributed by atoms with E-state index in [9.17, 15) is 14.7 Å². The molecule has 156 valence electrons. The van der Waals surface area contributed by atoms with Gasteiger partial charge < -0.3 is 19.3 Å². The zero-order valence-corrected chi connectivity index (χ0v) is 17.2. The van der Waals surface area contributed by atoms with E-state index >= 15 is 0 Å². The molecule has 0 radical (unpaired) electrons. The fourth-order valence-electron chi connectivity index (χ4n) is 3.77. The van der Waals surface area contributed by atoms with Crippen molar-refractivity contribution in [1.29, 1.82) is 0 Å². The van der Waals surface area contributed by atoms with E-state index in [1.54, 1.807) is 42.5 Å². The number of ether oxygens (including phenoxy) is 3. The van der Waals surface area contributed by atoms with Crippen molar-refractivity contribution in [2.24, 2.45) is 0 Å². The highest BCUT2D eigenvalue weighted by Gasteiger charge is 2.47. The number of anilines is 1. The molecule has 2 aliphatic heterocycles. The zero-order valence-electron chi connectivity index (χ0n) is 16.4. The Morgan fingerprint density at radius 3 is 2.71 bits per heavy atom. The Labute approximate surface area is 181 Å². The number of amides is 1. The molecule has 1 aromatic heterocycles. The lowest BCUT2D eigenvalue weighted by molar-refractivity contribution is -0.132. The van der Waals surface area contributed by atoms with Crippen molar-refractivity contribution < 1.29 is 28.9 Å². The molecule has 5 rings (SSSR count). The molecule has 1 amide bonds. The number of nitrogens with zero attached hydrogens (tertiary/aromatic N) is 1. The monoisotopic (exact) mass is 435 g/mol. The van der Waals surface area contributed by atoms with Crippen LogP contribution in [0.4, 0.5) is 5.69 Å². The SMILES string of the molecule is COc1cccc(N2C(=O)C(=O)/C(=C(\O)c3ccc4c(c3)OCO4)C2c2cccs2)c1. The van der Waals surface area contributed by atoms with Gasteiger partial charge in [-0.2, -0.15) is 0 Å². The topological polar surface area (TPSA) is 85.3 Å². The van der Waals surface area contributed by atoms with Gasteiger partial charge in [-0.1, -0.05) is 12.1 Å². The summed E-state index contributed by atoms with van der Waals surface area (Å²) in [5, 5.41) is 13.0. The molecule has 31 heavy (non-hydrogen) atoms. The zero-order chi connectivity index (χ0) is 21.5. The summed E-state index contributed by atoms with van der Waals surface area (Å²) in [6.45, 7) is 0.0922. The summed E-state index contributed by atoms with van der Waals surface area (Å²) in [7, 11) is 1.53. The lowest BCUT2D eigenvalue weighted by Gasteiger charge is -2.24. The van der Waals surface area contributed by atoms with Gasteiger partial charge in [0.15, 0.2) is 11.5 Å². The molecule has 0 spiro atoms. The van der Waals surface area contributed by atoms with E-state index in [0.29, 0.717) is 28.5 Å². The van der Waals surface area contributed by atoms with E-state index < -0.39 is 17.7 Å². The van der Waals surface area contributed by atoms with Crippen LogP contribution >= 0.6 is 11.3 Å². The lowest BCUT2D eigenvalue weighted by Crippen LogP contribution is -2.29. The summed E-state index contributed by atoms with van der Waals surface area (Å²) in [5.41, 5.74) is 0.896. The van der Waals surface area contributed by atoms with Gasteiger partial charge in [0.2, 0.25) is 6.79 Å². The third-order valence-electron chi connectivity index (χ3n) is 5.23. The molecule has 2 aliphatic rings. The number of hydrogen-bond acceptors (Lipinski definition) is 7. The number of carbonyl (C=O) groups excluding carboxylic acids is 2. The summed E-state index contributed by atoms with van der Waals surface area (Å²) in [4.78, 5) is 28.4. The molecule has 1 N–H and O–H groups in total. The molecule has 3 heterocycles. The maximum Gasteiger partial charge on any atom is 0.300 e. The highest BCUT2D eigenvalue weighted by Crippen LogP contribution is 2.45. The van der Waals surface area contributed by atoms with Crippen molar-refractivity contribution in [2.45, 2.75) is 6.04 Å². The molecule has 2 aromatic carbocycles. The molecule has 3 aromatic rings. The van der Waals surface area contributed by atoms with Crippen molar-refractivity contribution >= 4 is 34.5 Å². The Bertz CT molecular complexity index is 1220. The van der Waals surface area contributed by atoms with Crippen LogP contribution in [0.3, 0.4) is 0 Å². The number of thiophene rings is 1. The molecule has 7 nitrogen and oxygen atoms in total. The summed E-state index contributed by atoms with van der Waals surface area (Å²) in [6, 6.07) is 14.7. The van der Waals surface area contributed by atoms with Gasteiger partial charge in [-0.25, -0.2) is 0 Å². The molecule has 1 saturated heterocycles. The van der Waals surface area contributed by atoms with E-state index in [-0.39, 0.29) is 18.1 Å². The van der Waals surface area contributed by atoms with Gasteiger partial charge in [0.25, 0.3) is 11.7 Å². The van der Waals surface area contributed by atoms with E-state index in [4.69, 9.17) is 14.2 Å². The minimum atomic E-state index is -0.766. The van der Waals surface area contributed by atoms with E-state index in [1.807, 2.05) is 17.5 Å². The van der Waals surface area contributed by atoms with Crippen molar-refractivity contribution in [3.63, 3.8) is 0 Å². The van der Waals surface area contributed by atoms with Crippen LogP contribution < -0.4 is 19.1 Å². The number of aliphatic hydroxyl groups is 1. The van der Waals surface area contributed by atoms with Gasteiger partial charge >= 0.3 is 0 Å². The fraction of sp³-hybridized carbons (Fsp3) is 0.130. The van der Waals surface area contributed by atoms with E-state index in [1.165, 1.54) is 23.3 Å². The Balaban J connectivity index is 1.68. The summed E-state index contributed by atoms with van der Waals surface area (Å²) >= 11 is 1.40. The van der Waals surface area contributed by atoms with Crippen molar-refractivity contribution in [1.82, 2.24) is 0 Å². The number of aliphatic hydroxyl groups excluding tert-OH is 1. The van der Waals surface area contributed by atoms with Gasteiger partial charge in [0.05, 0.1) is 12.7 Å². The van der Waals surface area contributed by atoms with Crippen LogP contribution in [0.5, 0.6) is 17.2 Å². The van der Waals surface area contributed by atoms with Crippen molar-refractivity contribution in [3.8, 4) is 17.2 Å². The standard InChI is InChI=1S/C23H17NO6S/c1-28-15-5-2-4-14(11-15)24-20(18-6-3-9-31-18)19(22(26)23(24)27)21(25)13-7-8-16-17(10-13)30-12-29-16/h2-11,20,25H,12H2,1H3/b21-19-.